The summed E-state index contributed by atoms with van der Waals surface area (Å²) in [4.78, 5) is 36.4. The zero-order chi connectivity index (χ0) is 19.1. The maximum Gasteiger partial charge on any atom is 0.252 e. The van der Waals surface area contributed by atoms with Gasteiger partial charge >= 0.3 is 0 Å². The van der Waals surface area contributed by atoms with Crippen molar-refractivity contribution in [1.82, 2.24) is 10.6 Å². The number of nitrogens with one attached hydrogen (secondary N) is 2. The Morgan fingerprint density at radius 2 is 1.42 bits per heavy atom. The van der Waals surface area contributed by atoms with E-state index in [9.17, 15) is 14.4 Å². The van der Waals surface area contributed by atoms with Crippen LogP contribution in [0.15, 0.2) is 66.7 Å². The molecule has 0 aliphatic carbocycles. The molecule has 0 aliphatic rings. The highest BCUT2D eigenvalue weighted by molar-refractivity contribution is 6.09. The van der Waals surface area contributed by atoms with E-state index in [-0.39, 0.29) is 17.6 Å². The minimum Gasteiger partial charge on any atom is -0.332 e. The topological polar surface area (TPSA) is 75.3 Å². The summed E-state index contributed by atoms with van der Waals surface area (Å²) in [6.07, 6.45) is 0.0485. The maximum absolute atomic E-state index is 12.4. The minimum atomic E-state index is -0.489. The molecule has 2 N–H and O–H groups in total. The predicted molar refractivity (Wildman–Crippen MR) is 101 cm³/mol. The monoisotopic (exact) mass is 350 g/mol. The van der Waals surface area contributed by atoms with E-state index in [1.54, 1.807) is 55.5 Å². The highest BCUT2D eigenvalue weighted by Gasteiger charge is 2.15. The average molecular weight is 350 g/mol. The summed E-state index contributed by atoms with van der Waals surface area (Å²) in [7, 11) is 0. The summed E-state index contributed by atoms with van der Waals surface area (Å²) in [6.45, 7) is 7.03. The third-order valence-electron chi connectivity index (χ3n) is 3.85. The van der Waals surface area contributed by atoms with Crippen molar-refractivity contribution >= 4 is 17.6 Å². The van der Waals surface area contributed by atoms with E-state index in [0.29, 0.717) is 28.7 Å². The molecule has 0 spiro atoms. The van der Waals surface area contributed by atoms with Crippen molar-refractivity contribution in [1.29, 1.82) is 0 Å². The van der Waals surface area contributed by atoms with Gasteiger partial charge in [-0.15, -0.1) is 0 Å². The van der Waals surface area contributed by atoms with Crippen LogP contribution in [0.4, 0.5) is 0 Å². The van der Waals surface area contributed by atoms with Crippen molar-refractivity contribution in [3.63, 3.8) is 0 Å². The summed E-state index contributed by atoms with van der Waals surface area (Å²) in [5.74, 6) is -0.726. The quantitative estimate of drug-likeness (QED) is 0.458. The van der Waals surface area contributed by atoms with Gasteiger partial charge < -0.3 is 10.6 Å². The van der Waals surface area contributed by atoms with Crippen LogP contribution < -0.4 is 10.6 Å². The molecule has 5 heteroatoms. The van der Waals surface area contributed by atoms with Gasteiger partial charge in [-0.1, -0.05) is 56.0 Å². The lowest BCUT2D eigenvalue weighted by Gasteiger charge is -2.18. The van der Waals surface area contributed by atoms with E-state index in [0.717, 1.165) is 0 Å². The maximum atomic E-state index is 12.4. The van der Waals surface area contributed by atoms with Gasteiger partial charge in [-0.25, -0.2) is 0 Å². The van der Waals surface area contributed by atoms with Gasteiger partial charge in [0.15, 0.2) is 5.78 Å². The third-order valence-corrected chi connectivity index (χ3v) is 3.85. The Kier molecular flexibility index (Phi) is 6.44. The first-order valence-electron chi connectivity index (χ1n) is 8.39. The van der Waals surface area contributed by atoms with Crippen LogP contribution in [0.5, 0.6) is 0 Å². The van der Waals surface area contributed by atoms with Gasteiger partial charge in [-0.2, -0.15) is 0 Å². The molecule has 2 amide bonds. The molecule has 1 unspecified atom stereocenters. The molecule has 1 atom stereocenters. The molecule has 0 saturated carbocycles. The standard InChI is InChI=1S/C21H22N2O3/c1-4-18(22-20(25)14(2)3)23-21(26)17-12-10-16(11-13-17)19(24)15-8-6-5-7-9-15/h5-13,18H,2,4H2,1,3H3,(H,22,25)(H,23,26). The lowest BCUT2D eigenvalue weighted by molar-refractivity contribution is -0.118. The van der Waals surface area contributed by atoms with Crippen LogP contribution in [0.1, 0.15) is 46.5 Å². The Hall–Kier alpha value is -3.21. The molecular weight excluding hydrogens is 328 g/mol. The number of amides is 2. The molecule has 0 aliphatic heterocycles. The number of hydrogen-bond donors (Lipinski definition) is 2. The van der Waals surface area contributed by atoms with E-state index < -0.39 is 6.17 Å². The highest BCUT2D eigenvalue weighted by atomic mass is 16.2. The number of hydrogen-bond acceptors (Lipinski definition) is 3. The molecule has 0 radical (unpaired) electrons. The Balaban J connectivity index is 2.05. The van der Waals surface area contributed by atoms with Crippen molar-refractivity contribution in [3.8, 4) is 0 Å². The zero-order valence-corrected chi connectivity index (χ0v) is 14.9. The summed E-state index contributed by atoms with van der Waals surface area (Å²) >= 11 is 0. The lowest BCUT2D eigenvalue weighted by Crippen LogP contribution is -2.47. The molecule has 2 aromatic rings. The van der Waals surface area contributed by atoms with Gasteiger partial charge in [0.2, 0.25) is 5.91 Å². The van der Waals surface area contributed by atoms with E-state index in [4.69, 9.17) is 0 Å². The van der Waals surface area contributed by atoms with Crippen LogP contribution in [0.3, 0.4) is 0 Å². The van der Waals surface area contributed by atoms with Gasteiger partial charge in [0.25, 0.3) is 5.91 Å². The molecule has 2 aromatic carbocycles. The van der Waals surface area contributed by atoms with Crippen molar-refractivity contribution in [2.75, 3.05) is 0 Å². The largest absolute Gasteiger partial charge is 0.332 e. The average Bonchev–Trinajstić information content (AvgIpc) is 2.67. The second-order valence-corrected chi connectivity index (χ2v) is 5.96. The zero-order valence-electron chi connectivity index (χ0n) is 14.9. The fourth-order valence-corrected chi connectivity index (χ4v) is 2.29. The van der Waals surface area contributed by atoms with Crippen molar-refractivity contribution in [2.24, 2.45) is 0 Å². The third kappa shape index (κ3) is 4.89. The predicted octanol–water partition coefficient (Wildman–Crippen LogP) is 3.08. The van der Waals surface area contributed by atoms with Crippen molar-refractivity contribution in [2.45, 2.75) is 26.4 Å². The van der Waals surface area contributed by atoms with Crippen molar-refractivity contribution < 1.29 is 14.4 Å². The van der Waals surface area contributed by atoms with Gasteiger partial charge in [0.1, 0.15) is 6.17 Å². The summed E-state index contributed by atoms with van der Waals surface area (Å²) < 4.78 is 0. The summed E-state index contributed by atoms with van der Waals surface area (Å²) in [6, 6.07) is 15.4. The van der Waals surface area contributed by atoms with Crippen LogP contribution >= 0.6 is 0 Å². The molecule has 0 saturated heterocycles. The fraction of sp³-hybridized carbons (Fsp3) is 0.190. The fourth-order valence-electron chi connectivity index (χ4n) is 2.29. The molecule has 0 fully saturated rings. The highest BCUT2D eigenvalue weighted by Crippen LogP contribution is 2.11. The minimum absolute atomic E-state index is 0.0993. The number of rotatable bonds is 7. The molecule has 0 aromatic heterocycles. The number of carbonyl (C=O) groups excluding carboxylic acids is 3. The van der Waals surface area contributed by atoms with E-state index >= 15 is 0 Å². The molecular formula is C21H22N2O3. The van der Waals surface area contributed by atoms with Gasteiger partial charge in [0.05, 0.1) is 0 Å². The SMILES string of the molecule is C=C(C)C(=O)NC(CC)NC(=O)c1ccc(C(=O)c2ccccc2)cc1. The lowest BCUT2D eigenvalue weighted by atomic mass is 10.0. The van der Waals surface area contributed by atoms with Gasteiger partial charge in [-0.05, 0) is 25.5 Å². The summed E-state index contributed by atoms with van der Waals surface area (Å²) in [5, 5.41) is 5.45. The number of carbonyl (C=O) groups is 3. The van der Waals surface area contributed by atoms with E-state index in [2.05, 4.69) is 17.2 Å². The van der Waals surface area contributed by atoms with Crippen LogP contribution in [0, 0.1) is 0 Å². The Bertz CT molecular complexity index is 811. The van der Waals surface area contributed by atoms with Gasteiger partial charge in [0, 0.05) is 22.3 Å². The number of benzene rings is 2. The second kappa shape index (κ2) is 8.76. The Morgan fingerprint density at radius 1 is 0.885 bits per heavy atom. The van der Waals surface area contributed by atoms with Crippen LogP contribution in [0.25, 0.3) is 0 Å². The first-order chi connectivity index (χ1) is 12.4. The van der Waals surface area contributed by atoms with E-state index in [1.165, 1.54) is 0 Å². The first-order valence-corrected chi connectivity index (χ1v) is 8.39. The molecule has 5 nitrogen and oxygen atoms in total. The molecule has 26 heavy (non-hydrogen) atoms. The molecule has 2 rings (SSSR count). The van der Waals surface area contributed by atoms with Gasteiger partial charge in [-0.3, -0.25) is 14.4 Å². The van der Waals surface area contributed by atoms with Crippen LogP contribution in [-0.2, 0) is 4.79 Å². The van der Waals surface area contributed by atoms with E-state index in [1.807, 2.05) is 13.0 Å². The summed E-state index contributed by atoms with van der Waals surface area (Å²) in [5.41, 5.74) is 1.90. The molecule has 0 heterocycles. The first kappa shape index (κ1) is 19.1. The second-order valence-electron chi connectivity index (χ2n) is 5.96. The van der Waals surface area contributed by atoms with Crippen LogP contribution in [0.2, 0.25) is 0 Å². The normalized spacial score (nSPS) is 11.3. The van der Waals surface area contributed by atoms with Crippen LogP contribution in [-0.4, -0.2) is 23.8 Å². The smallest absolute Gasteiger partial charge is 0.252 e. The number of ketones is 1. The Morgan fingerprint density at radius 3 is 1.96 bits per heavy atom. The molecule has 0 bridgehead atoms. The molecule has 134 valence electrons. The van der Waals surface area contributed by atoms with Crippen molar-refractivity contribution in [3.05, 3.63) is 83.4 Å². The Labute approximate surface area is 153 Å².